The monoisotopic (exact) mass is 220 g/mol. The summed E-state index contributed by atoms with van der Waals surface area (Å²) in [5, 5.41) is 17.9. The molecule has 1 rings (SSSR count). The van der Waals surface area contributed by atoms with Gasteiger partial charge in [0, 0.05) is 12.8 Å². The third-order valence-corrected chi connectivity index (χ3v) is 2.70. The molecule has 2 atom stereocenters. The summed E-state index contributed by atoms with van der Waals surface area (Å²) < 4.78 is 0. The maximum atomic E-state index is 9.08. The fourth-order valence-corrected chi connectivity index (χ4v) is 1.75. The van der Waals surface area contributed by atoms with Gasteiger partial charge < -0.3 is 5.11 Å². The fourth-order valence-electron chi connectivity index (χ4n) is 1.75. The molecular formula is C10H20O5. The van der Waals surface area contributed by atoms with Crippen molar-refractivity contribution in [2.45, 2.75) is 57.3 Å². The Morgan fingerprint density at radius 1 is 1.33 bits per heavy atom. The van der Waals surface area contributed by atoms with E-state index in [2.05, 4.69) is 11.8 Å². The molecule has 1 aliphatic heterocycles. The Morgan fingerprint density at radius 2 is 2.07 bits per heavy atom. The summed E-state index contributed by atoms with van der Waals surface area (Å²) in [5.74, 6) is -1.10. The van der Waals surface area contributed by atoms with E-state index in [0.717, 1.165) is 19.3 Å². The number of hydrogen-bond donors (Lipinski definition) is 2. The van der Waals surface area contributed by atoms with Gasteiger partial charge >= 0.3 is 0 Å². The Morgan fingerprint density at radius 3 is 2.53 bits per heavy atom. The molecule has 1 aliphatic rings. The van der Waals surface area contributed by atoms with Crippen LogP contribution in [-0.4, -0.2) is 28.4 Å². The predicted molar refractivity (Wildman–Crippen MR) is 52.9 cm³/mol. The van der Waals surface area contributed by atoms with Crippen molar-refractivity contribution < 1.29 is 25.0 Å². The van der Waals surface area contributed by atoms with E-state index in [0.29, 0.717) is 12.8 Å². The van der Waals surface area contributed by atoms with E-state index < -0.39 is 11.4 Å². The Labute approximate surface area is 89.8 Å². The number of rotatable bonds is 6. The Hall–Kier alpha value is -0.200. The van der Waals surface area contributed by atoms with Crippen LogP contribution in [0.4, 0.5) is 0 Å². The molecule has 0 aromatic rings. The van der Waals surface area contributed by atoms with Crippen LogP contribution in [0.3, 0.4) is 0 Å². The Bertz CT molecular complexity index is 198. The molecule has 0 unspecified atom stereocenters. The molecule has 2 N–H and O–H groups in total. The molecule has 0 aromatic heterocycles. The molecule has 90 valence electrons. The van der Waals surface area contributed by atoms with Gasteiger partial charge in [-0.05, 0) is 13.3 Å². The first-order valence-electron chi connectivity index (χ1n) is 5.40. The van der Waals surface area contributed by atoms with Crippen LogP contribution in [0.5, 0.6) is 0 Å². The number of aliphatic hydroxyl groups excluding tert-OH is 1. The van der Waals surface area contributed by atoms with Gasteiger partial charge in [0.05, 0.1) is 6.61 Å². The second-order valence-corrected chi connectivity index (χ2v) is 4.41. The highest BCUT2D eigenvalue weighted by Crippen LogP contribution is 2.39. The van der Waals surface area contributed by atoms with Crippen molar-refractivity contribution in [1.29, 1.82) is 0 Å². The first-order valence-corrected chi connectivity index (χ1v) is 5.40. The lowest BCUT2D eigenvalue weighted by Crippen LogP contribution is -2.35. The summed E-state index contributed by atoms with van der Waals surface area (Å²) in [4.78, 5) is 14.4. The third-order valence-electron chi connectivity index (χ3n) is 2.70. The van der Waals surface area contributed by atoms with Crippen LogP contribution in [0.15, 0.2) is 0 Å². The van der Waals surface area contributed by atoms with Gasteiger partial charge in [-0.2, -0.15) is 4.89 Å². The van der Waals surface area contributed by atoms with Crippen LogP contribution >= 0.6 is 0 Å². The molecular weight excluding hydrogens is 200 g/mol. The van der Waals surface area contributed by atoms with Crippen LogP contribution in [0.2, 0.25) is 0 Å². The molecule has 0 radical (unpaired) electrons. The number of hydrogen-bond acceptors (Lipinski definition) is 5. The van der Waals surface area contributed by atoms with Crippen molar-refractivity contribution in [2.75, 3.05) is 6.61 Å². The van der Waals surface area contributed by atoms with Gasteiger partial charge in [0.2, 0.25) is 5.79 Å². The molecule has 5 heteroatoms. The standard InChI is InChI=1S/C10H20O5/c1-3-4-5-6-10(13-12)7-9(2,8-11)14-15-10/h11-12H,3-8H2,1-2H3/t9-,10+/m1/s1. The average molecular weight is 220 g/mol. The molecule has 0 amide bonds. The molecule has 1 heterocycles. The lowest BCUT2D eigenvalue weighted by molar-refractivity contribution is -0.473. The molecule has 0 aromatic carbocycles. The van der Waals surface area contributed by atoms with Crippen molar-refractivity contribution in [3.05, 3.63) is 0 Å². The van der Waals surface area contributed by atoms with Crippen molar-refractivity contribution in [2.24, 2.45) is 0 Å². The highest BCUT2D eigenvalue weighted by Gasteiger charge is 2.50. The summed E-state index contributed by atoms with van der Waals surface area (Å²) in [7, 11) is 0. The van der Waals surface area contributed by atoms with E-state index >= 15 is 0 Å². The predicted octanol–water partition coefficient (Wildman–Crippen LogP) is 1.86. The van der Waals surface area contributed by atoms with E-state index in [4.69, 9.17) is 20.1 Å². The fraction of sp³-hybridized carbons (Fsp3) is 1.00. The molecule has 0 spiro atoms. The minimum Gasteiger partial charge on any atom is -0.393 e. The SMILES string of the molecule is CCCCC[C@@]1(OO)C[C@](C)(CO)OO1. The minimum atomic E-state index is -1.10. The van der Waals surface area contributed by atoms with Gasteiger partial charge in [-0.15, -0.1) is 0 Å². The summed E-state index contributed by atoms with van der Waals surface area (Å²) in [5.41, 5.74) is -0.783. The second kappa shape index (κ2) is 5.23. The van der Waals surface area contributed by atoms with Crippen molar-refractivity contribution in [3.63, 3.8) is 0 Å². The Kier molecular flexibility index (Phi) is 4.48. The molecule has 0 saturated carbocycles. The van der Waals surface area contributed by atoms with Gasteiger partial charge in [-0.3, -0.25) is 0 Å². The maximum Gasteiger partial charge on any atom is 0.236 e. The number of unbranched alkanes of at least 4 members (excludes halogenated alkanes) is 2. The zero-order chi connectivity index (χ0) is 11.4. The van der Waals surface area contributed by atoms with E-state index in [1.807, 2.05) is 0 Å². The molecule has 0 aliphatic carbocycles. The van der Waals surface area contributed by atoms with Crippen molar-refractivity contribution >= 4 is 0 Å². The second-order valence-electron chi connectivity index (χ2n) is 4.41. The van der Waals surface area contributed by atoms with Gasteiger partial charge in [0.1, 0.15) is 5.60 Å². The zero-order valence-electron chi connectivity index (χ0n) is 9.36. The highest BCUT2D eigenvalue weighted by atomic mass is 17.3. The molecule has 15 heavy (non-hydrogen) atoms. The average Bonchev–Trinajstić information content (AvgIpc) is 2.59. The van der Waals surface area contributed by atoms with Gasteiger partial charge in [-0.25, -0.2) is 15.0 Å². The molecule has 1 fully saturated rings. The maximum absolute atomic E-state index is 9.08. The lowest BCUT2D eigenvalue weighted by Gasteiger charge is -2.22. The van der Waals surface area contributed by atoms with E-state index in [9.17, 15) is 0 Å². The summed E-state index contributed by atoms with van der Waals surface area (Å²) in [6, 6.07) is 0. The minimum absolute atomic E-state index is 0.161. The van der Waals surface area contributed by atoms with E-state index in [-0.39, 0.29) is 6.61 Å². The number of aliphatic hydroxyl groups is 1. The van der Waals surface area contributed by atoms with Crippen LogP contribution < -0.4 is 0 Å². The largest absolute Gasteiger partial charge is 0.393 e. The summed E-state index contributed by atoms with van der Waals surface area (Å²) in [6.45, 7) is 3.65. The van der Waals surface area contributed by atoms with Gasteiger partial charge in [-0.1, -0.05) is 19.8 Å². The Balaban J connectivity index is 2.49. The van der Waals surface area contributed by atoms with E-state index in [1.165, 1.54) is 0 Å². The zero-order valence-corrected chi connectivity index (χ0v) is 9.36. The van der Waals surface area contributed by atoms with Crippen LogP contribution in [0.1, 0.15) is 46.0 Å². The first kappa shape index (κ1) is 12.9. The van der Waals surface area contributed by atoms with Crippen LogP contribution in [0.25, 0.3) is 0 Å². The lowest BCUT2D eigenvalue weighted by atomic mass is 9.94. The van der Waals surface area contributed by atoms with Gasteiger partial charge in [0.25, 0.3) is 0 Å². The highest BCUT2D eigenvalue weighted by molar-refractivity contribution is 4.86. The first-order chi connectivity index (χ1) is 7.10. The van der Waals surface area contributed by atoms with E-state index in [1.54, 1.807) is 6.92 Å². The normalized spacial score (nSPS) is 36.0. The molecule has 5 nitrogen and oxygen atoms in total. The third kappa shape index (κ3) is 3.12. The van der Waals surface area contributed by atoms with Crippen LogP contribution in [-0.2, 0) is 14.7 Å². The topological polar surface area (TPSA) is 68.2 Å². The molecule has 0 bridgehead atoms. The summed E-state index contributed by atoms with van der Waals surface area (Å²) in [6.07, 6.45) is 3.91. The van der Waals surface area contributed by atoms with Crippen molar-refractivity contribution in [1.82, 2.24) is 0 Å². The quantitative estimate of drug-likeness (QED) is 0.406. The van der Waals surface area contributed by atoms with Gasteiger partial charge in [0.15, 0.2) is 0 Å². The van der Waals surface area contributed by atoms with Crippen molar-refractivity contribution in [3.8, 4) is 0 Å². The smallest absolute Gasteiger partial charge is 0.236 e. The van der Waals surface area contributed by atoms with Crippen LogP contribution in [0, 0.1) is 0 Å². The summed E-state index contributed by atoms with van der Waals surface area (Å²) >= 11 is 0. The molecule has 1 saturated heterocycles.